The largest absolute Gasteiger partial charge is 0.460 e. The van der Waals surface area contributed by atoms with Crippen molar-refractivity contribution in [1.29, 1.82) is 0 Å². The topological polar surface area (TPSA) is 244 Å². The summed E-state index contributed by atoms with van der Waals surface area (Å²) in [6.07, 6.45) is -4.02. The van der Waals surface area contributed by atoms with E-state index in [0.29, 0.717) is 9.99 Å². The van der Waals surface area contributed by atoms with Crippen LogP contribution < -0.4 is 20.1 Å². The molecule has 0 aromatic heterocycles. The van der Waals surface area contributed by atoms with Crippen LogP contribution in [0.4, 0.5) is 20.1 Å². The lowest BCUT2D eigenvalue weighted by Gasteiger charge is -2.30. The fourth-order valence-corrected chi connectivity index (χ4v) is 6.07. The minimum Gasteiger partial charge on any atom is -0.460 e. The Morgan fingerprint density at radius 2 is 1.22 bits per heavy atom. The van der Waals surface area contributed by atoms with Gasteiger partial charge in [0.15, 0.2) is 0 Å². The minimum absolute atomic E-state index is 0.0490. The van der Waals surface area contributed by atoms with E-state index in [1.165, 1.54) is 63.2 Å². The minimum atomic E-state index is -5.01. The van der Waals surface area contributed by atoms with Crippen molar-refractivity contribution >= 4 is 69.6 Å². The summed E-state index contributed by atoms with van der Waals surface area (Å²) in [6.45, 7) is 23.1. The fourth-order valence-electron chi connectivity index (χ4n) is 4.63. The third kappa shape index (κ3) is 21.0. The number of nitrogens with one attached hydrogen (secondary N) is 3. The Morgan fingerprint density at radius 3 is 1.71 bits per heavy atom. The summed E-state index contributed by atoms with van der Waals surface area (Å²) in [5.74, 6) is -3.24. The summed E-state index contributed by atoms with van der Waals surface area (Å²) in [4.78, 5) is 81.3. The van der Waals surface area contributed by atoms with Crippen LogP contribution >= 0.6 is 11.6 Å². The number of benzene rings is 2. The predicted molar refractivity (Wildman–Crippen MR) is 233 cm³/mol. The Hall–Kier alpha value is -5.47. The molecule has 3 N–H and O–H groups in total. The number of carbonyl (C=O) groups excluding carboxylic acids is 6. The highest BCUT2D eigenvalue weighted by atomic mass is 35.5. The number of carbonyl (C=O) groups is 6. The van der Waals surface area contributed by atoms with E-state index in [1.807, 2.05) is 0 Å². The van der Waals surface area contributed by atoms with Gasteiger partial charge in [0.25, 0.3) is 0 Å². The van der Waals surface area contributed by atoms with Gasteiger partial charge in [-0.15, -0.1) is 4.99 Å². The van der Waals surface area contributed by atoms with Crippen molar-refractivity contribution in [3.63, 3.8) is 0 Å². The average molecular weight is 926 g/mol. The quantitative estimate of drug-likeness (QED) is 0.0640. The molecule has 21 heteroatoms. The molecular weight excluding hydrogens is 866 g/mol. The highest BCUT2D eigenvalue weighted by molar-refractivity contribution is 7.87. The zero-order valence-corrected chi connectivity index (χ0v) is 40.0. The number of hydrogen-bond acceptors (Lipinski definition) is 14. The molecular formula is C42H60ClN5O14S. The normalized spacial score (nSPS) is 13.2. The van der Waals surface area contributed by atoms with Crippen LogP contribution in [0, 0.1) is 0 Å². The second-order valence-electron chi connectivity index (χ2n) is 18.9. The van der Waals surface area contributed by atoms with Gasteiger partial charge in [0, 0.05) is 10.7 Å². The number of esters is 3. The number of ether oxygens (including phenoxy) is 6. The van der Waals surface area contributed by atoms with Gasteiger partial charge < -0.3 is 33.7 Å². The number of alkyl carbamates (subject to hydrolysis) is 1. The monoisotopic (exact) mass is 925 g/mol. The molecule has 0 heterocycles. The molecule has 3 amide bonds. The van der Waals surface area contributed by atoms with Crippen LogP contribution in [0.25, 0.3) is 0 Å². The number of amides is 3. The Labute approximate surface area is 374 Å². The molecule has 0 unspecified atom stereocenters. The lowest BCUT2D eigenvalue weighted by Crippen LogP contribution is -2.53. The molecule has 0 saturated heterocycles. The van der Waals surface area contributed by atoms with E-state index in [1.54, 1.807) is 83.1 Å². The van der Waals surface area contributed by atoms with Gasteiger partial charge in [-0.05, 0) is 146 Å². The van der Waals surface area contributed by atoms with E-state index in [9.17, 15) is 37.2 Å². The molecule has 0 spiro atoms. The van der Waals surface area contributed by atoms with Gasteiger partial charge >= 0.3 is 46.4 Å². The van der Waals surface area contributed by atoms with Crippen LogP contribution in [0.1, 0.15) is 126 Å². The number of rotatable bonds is 11. The van der Waals surface area contributed by atoms with Crippen LogP contribution in [0.2, 0.25) is 5.02 Å². The van der Waals surface area contributed by atoms with E-state index < -0.39 is 93.4 Å². The van der Waals surface area contributed by atoms with E-state index in [2.05, 4.69) is 20.3 Å². The molecule has 350 valence electrons. The Morgan fingerprint density at radius 1 is 0.698 bits per heavy atom. The molecule has 0 aliphatic carbocycles. The van der Waals surface area contributed by atoms with E-state index in [4.69, 9.17) is 40.0 Å². The highest BCUT2D eigenvalue weighted by Crippen LogP contribution is 2.27. The summed E-state index contributed by atoms with van der Waals surface area (Å²) < 4.78 is 62.3. The number of anilines is 1. The number of aliphatic imine (C=N–C) groups is 1. The smallest absolute Gasteiger partial charge is 0.437 e. The molecule has 0 radical (unpaired) electrons. The van der Waals surface area contributed by atoms with E-state index >= 15 is 0 Å². The summed E-state index contributed by atoms with van der Waals surface area (Å²) in [5.41, 5.74) is -4.54. The molecule has 2 aromatic carbocycles. The lowest BCUT2D eigenvalue weighted by molar-refractivity contribution is -0.164. The van der Waals surface area contributed by atoms with Gasteiger partial charge in [0.2, 0.25) is 5.96 Å². The third-order valence-electron chi connectivity index (χ3n) is 6.81. The Kier molecular flexibility index (Phi) is 17.7. The first kappa shape index (κ1) is 53.7. The lowest BCUT2D eigenvalue weighted by atomic mass is 10.1. The van der Waals surface area contributed by atoms with Crippen LogP contribution in [-0.2, 0) is 50.0 Å². The predicted octanol–water partition coefficient (Wildman–Crippen LogP) is 7.80. The molecule has 2 aromatic rings. The molecule has 0 fully saturated rings. The third-order valence-corrected chi connectivity index (χ3v) is 8.60. The van der Waals surface area contributed by atoms with Crippen molar-refractivity contribution in [1.82, 2.24) is 14.3 Å². The van der Waals surface area contributed by atoms with Gasteiger partial charge in [0.1, 0.15) is 39.8 Å². The zero-order valence-electron chi connectivity index (χ0n) is 38.4. The fraction of sp³-hybridized carbons (Fsp3) is 0.548. The molecule has 19 nitrogen and oxygen atoms in total. The number of nitrogens with zero attached hydrogens (tertiary/aromatic N) is 2. The zero-order chi connectivity index (χ0) is 48.5. The standard InChI is InChI=1S/C42H60ClN5O14S/c1-38(2,3)58-31(49)23-30(33(51)59-39(4,5)6)47-63(55,56)48(37(54)62-42(13,14)15)24-26-18-21-28(22-29(26)43)57-32(50)25-16-19-27(20-17-25)44-34(45-35(52)60-40(7,8)9)46-36(53)61-41(10,11)12/h16-22,30,47H,23-24H2,1-15H3,(H2,44,45,46,52,53)/t30-/m0/s1. The van der Waals surface area contributed by atoms with Crippen molar-refractivity contribution in [2.24, 2.45) is 4.99 Å². The molecule has 2 rings (SSSR count). The van der Waals surface area contributed by atoms with Crippen LogP contribution in [0.3, 0.4) is 0 Å². The van der Waals surface area contributed by atoms with Crippen molar-refractivity contribution in [2.75, 3.05) is 5.32 Å². The van der Waals surface area contributed by atoms with Gasteiger partial charge in [-0.1, -0.05) is 17.7 Å². The number of hydrogen-bond donors (Lipinski definition) is 3. The molecule has 63 heavy (non-hydrogen) atoms. The Balaban J connectivity index is 2.37. The first-order valence-electron chi connectivity index (χ1n) is 19.6. The molecule has 0 saturated carbocycles. The first-order valence-corrected chi connectivity index (χ1v) is 21.4. The van der Waals surface area contributed by atoms with E-state index in [-0.39, 0.29) is 27.9 Å². The van der Waals surface area contributed by atoms with Crippen LogP contribution in [0.5, 0.6) is 5.75 Å². The molecule has 1 atom stereocenters. The van der Waals surface area contributed by atoms with Crippen molar-refractivity contribution in [2.45, 2.75) is 151 Å². The van der Waals surface area contributed by atoms with Crippen LogP contribution in [0.15, 0.2) is 47.5 Å². The van der Waals surface area contributed by atoms with Gasteiger partial charge in [0.05, 0.1) is 18.5 Å². The van der Waals surface area contributed by atoms with E-state index in [0.717, 1.165) is 0 Å². The summed E-state index contributed by atoms with van der Waals surface area (Å²) in [5, 5.41) is 5.00. The summed E-state index contributed by atoms with van der Waals surface area (Å²) in [7, 11) is -5.01. The SMILES string of the molecule is CC(C)(C)OC(=O)C[C@H](NS(=O)(=O)N(Cc1ccc(OC(=O)c2ccc(NC(=NC(=O)OC(C)(C)C)NC(=O)OC(C)(C)C)cc2)cc1Cl)C(=O)OC(C)(C)C)C(=O)OC(C)(C)C. The molecule has 0 aliphatic heterocycles. The van der Waals surface area contributed by atoms with Gasteiger partial charge in [-0.25, -0.2) is 19.2 Å². The number of halogens is 1. The van der Waals surface area contributed by atoms with Crippen molar-refractivity contribution in [3.05, 3.63) is 58.6 Å². The average Bonchev–Trinajstić information content (AvgIpc) is 3.03. The van der Waals surface area contributed by atoms with Gasteiger partial charge in [-0.3, -0.25) is 14.9 Å². The first-order chi connectivity index (χ1) is 28.4. The maximum absolute atomic E-state index is 14.0. The number of guanidine groups is 1. The molecule has 0 bridgehead atoms. The van der Waals surface area contributed by atoms with Gasteiger partial charge in [-0.2, -0.15) is 17.4 Å². The summed E-state index contributed by atoms with van der Waals surface area (Å²) >= 11 is 6.55. The van der Waals surface area contributed by atoms with Crippen molar-refractivity contribution in [3.8, 4) is 5.75 Å². The highest BCUT2D eigenvalue weighted by Gasteiger charge is 2.39. The molecule has 0 aliphatic rings. The maximum Gasteiger partial charge on any atom is 0.437 e. The van der Waals surface area contributed by atoms with Crippen molar-refractivity contribution < 1.29 is 65.6 Å². The Bertz CT molecular complexity index is 2140. The van der Waals surface area contributed by atoms with Crippen LogP contribution in [-0.4, -0.2) is 88.9 Å². The maximum atomic E-state index is 14.0. The second kappa shape index (κ2) is 20.8. The second-order valence-corrected chi connectivity index (χ2v) is 20.9. The summed E-state index contributed by atoms with van der Waals surface area (Å²) in [6, 6.07) is 7.63.